The Balaban J connectivity index is 1.46. The fourth-order valence-electron chi connectivity index (χ4n) is 4.38. The topological polar surface area (TPSA) is 51.7 Å². The minimum absolute atomic E-state index is 0.0341. The molecule has 5 rings (SSSR count). The molecule has 2 aliphatic heterocycles. The molecule has 0 saturated carbocycles. The molecule has 1 unspecified atom stereocenters. The third kappa shape index (κ3) is 4.61. The smallest absolute Gasteiger partial charge is 0.301 e. The Bertz CT molecular complexity index is 1280. The van der Waals surface area contributed by atoms with Crippen molar-refractivity contribution in [3.05, 3.63) is 77.3 Å². The largest absolute Gasteiger partial charge is 0.406 e. The monoisotopic (exact) mass is 503 g/mol. The number of halogens is 4. The Morgan fingerprint density at radius 1 is 1.14 bits per heavy atom. The summed E-state index contributed by atoms with van der Waals surface area (Å²) in [5.41, 5.74) is 4.92. The zero-order chi connectivity index (χ0) is 24.7. The van der Waals surface area contributed by atoms with E-state index in [9.17, 15) is 22.4 Å². The van der Waals surface area contributed by atoms with E-state index in [1.807, 2.05) is 24.3 Å². The normalized spacial score (nSPS) is 18.8. The van der Waals surface area contributed by atoms with Crippen LogP contribution in [0.2, 0.25) is 0 Å². The first-order valence-corrected chi connectivity index (χ1v) is 11.7. The summed E-state index contributed by atoms with van der Waals surface area (Å²) < 4.78 is 54.7. The molecule has 0 bridgehead atoms. The fraction of sp³-hybridized carbons (Fsp3) is 0.250. The van der Waals surface area contributed by atoms with Gasteiger partial charge in [0.25, 0.3) is 5.91 Å². The van der Waals surface area contributed by atoms with Crippen molar-refractivity contribution in [3.8, 4) is 10.4 Å². The van der Waals surface area contributed by atoms with E-state index in [0.717, 1.165) is 15.3 Å². The summed E-state index contributed by atoms with van der Waals surface area (Å²) in [4.78, 5) is 20.1. The molecular formula is C24H21F4N5OS. The van der Waals surface area contributed by atoms with Crippen LogP contribution in [0.25, 0.3) is 16.1 Å². The van der Waals surface area contributed by atoms with Crippen LogP contribution in [-0.2, 0) is 11.2 Å². The van der Waals surface area contributed by atoms with Crippen molar-refractivity contribution in [2.24, 2.45) is 0 Å². The summed E-state index contributed by atoms with van der Waals surface area (Å²) in [7, 11) is 1.68. The lowest BCUT2D eigenvalue weighted by Crippen LogP contribution is -2.53. The SMILES string of the molecule is CN1NC(c2ccc(-c3cccnc3)s2)=CN1C1CCc2c(F)cccc2N(CC(F)(F)F)C1=O. The zero-order valence-corrected chi connectivity index (χ0v) is 19.4. The number of hydrogen-bond acceptors (Lipinski definition) is 6. The summed E-state index contributed by atoms with van der Waals surface area (Å²) >= 11 is 1.52. The number of pyridine rings is 1. The molecule has 11 heteroatoms. The van der Waals surface area contributed by atoms with Crippen molar-refractivity contribution in [3.63, 3.8) is 0 Å². The highest BCUT2D eigenvalue weighted by molar-refractivity contribution is 7.16. The van der Waals surface area contributed by atoms with E-state index in [-0.39, 0.29) is 24.1 Å². The standard InChI is InChI=1S/C24H21F4N5OS/c1-31-30-18(22-10-9-21(35-22)15-4-3-11-29-12-15)13-33(31)20-8-7-16-17(25)5-2-6-19(16)32(23(20)34)14-24(26,27)28/h2-6,9-13,20,30H,7-8,14H2,1H3. The number of rotatable bonds is 4. The molecule has 4 heterocycles. The maximum absolute atomic E-state index is 14.5. The summed E-state index contributed by atoms with van der Waals surface area (Å²) in [6.45, 7) is -1.49. The molecule has 0 fully saturated rings. The zero-order valence-electron chi connectivity index (χ0n) is 18.6. The van der Waals surface area contributed by atoms with Crippen molar-refractivity contribution < 1.29 is 22.4 Å². The minimum Gasteiger partial charge on any atom is -0.301 e. The highest BCUT2D eigenvalue weighted by Crippen LogP contribution is 2.36. The molecule has 0 saturated heterocycles. The van der Waals surface area contributed by atoms with Crippen LogP contribution >= 0.6 is 11.3 Å². The molecule has 35 heavy (non-hydrogen) atoms. The van der Waals surface area contributed by atoms with Gasteiger partial charge in [-0.25, -0.2) is 4.39 Å². The average molecular weight is 504 g/mol. The van der Waals surface area contributed by atoms with Crippen LogP contribution in [0, 0.1) is 5.82 Å². The van der Waals surface area contributed by atoms with Gasteiger partial charge in [-0.2, -0.15) is 13.2 Å². The predicted molar refractivity (Wildman–Crippen MR) is 125 cm³/mol. The molecule has 0 aliphatic carbocycles. The maximum Gasteiger partial charge on any atom is 0.406 e. The van der Waals surface area contributed by atoms with Crippen LogP contribution in [0.1, 0.15) is 16.9 Å². The molecule has 1 aromatic carbocycles. The van der Waals surface area contributed by atoms with E-state index in [2.05, 4.69) is 10.4 Å². The summed E-state index contributed by atoms with van der Waals surface area (Å²) in [6.07, 6.45) is 0.818. The van der Waals surface area contributed by atoms with Gasteiger partial charge in [0.2, 0.25) is 0 Å². The number of nitrogens with one attached hydrogen (secondary N) is 1. The lowest BCUT2D eigenvalue weighted by atomic mass is 10.1. The Morgan fingerprint density at radius 2 is 1.94 bits per heavy atom. The Morgan fingerprint density at radius 3 is 2.69 bits per heavy atom. The van der Waals surface area contributed by atoms with Gasteiger partial charge >= 0.3 is 6.18 Å². The number of amides is 1. The average Bonchev–Trinajstić information content (AvgIpc) is 3.43. The molecule has 1 amide bonds. The van der Waals surface area contributed by atoms with E-state index in [1.165, 1.54) is 29.5 Å². The van der Waals surface area contributed by atoms with Gasteiger partial charge in [0.05, 0.1) is 16.3 Å². The number of hydrazine groups is 2. The molecule has 1 atom stereocenters. The lowest BCUT2D eigenvalue weighted by molar-refractivity contribution is -0.138. The molecular weight excluding hydrogens is 482 g/mol. The Kier molecular flexibility index (Phi) is 5.97. The number of benzene rings is 1. The molecule has 0 spiro atoms. The van der Waals surface area contributed by atoms with Gasteiger partial charge in [-0.3, -0.25) is 20.2 Å². The van der Waals surface area contributed by atoms with Crippen molar-refractivity contribution in [2.45, 2.75) is 25.1 Å². The number of hydrogen-bond donors (Lipinski definition) is 1. The van der Waals surface area contributed by atoms with Crippen LogP contribution < -0.4 is 10.3 Å². The lowest BCUT2D eigenvalue weighted by Gasteiger charge is -2.34. The first-order valence-electron chi connectivity index (χ1n) is 10.9. The molecule has 0 radical (unpaired) electrons. The highest BCUT2D eigenvalue weighted by atomic mass is 32.1. The van der Waals surface area contributed by atoms with Gasteiger partial charge in [0.1, 0.15) is 18.4 Å². The van der Waals surface area contributed by atoms with Gasteiger partial charge in [0, 0.05) is 41.6 Å². The van der Waals surface area contributed by atoms with E-state index >= 15 is 0 Å². The number of carbonyl (C=O) groups is 1. The predicted octanol–water partition coefficient (Wildman–Crippen LogP) is 4.82. The maximum atomic E-state index is 14.5. The molecule has 182 valence electrons. The highest BCUT2D eigenvalue weighted by Gasteiger charge is 2.42. The third-order valence-electron chi connectivity index (χ3n) is 5.97. The second kappa shape index (κ2) is 8.97. The number of fused-ring (bicyclic) bond motifs is 1. The molecule has 2 aliphatic rings. The van der Waals surface area contributed by atoms with Crippen molar-refractivity contribution in [1.29, 1.82) is 0 Å². The van der Waals surface area contributed by atoms with Gasteiger partial charge < -0.3 is 4.90 Å². The van der Waals surface area contributed by atoms with E-state index in [0.29, 0.717) is 10.6 Å². The summed E-state index contributed by atoms with van der Waals surface area (Å²) in [5, 5.41) is 3.15. The van der Waals surface area contributed by atoms with Crippen molar-refractivity contribution in [2.75, 3.05) is 18.5 Å². The first kappa shape index (κ1) is 23.3. The number of thiophene rings is 1. The van der Waals surface area contributed by atoms with Crippen LogP contribution in [-0.4, -0.2) is 46.8 Å². The summed E-state index contributed by atoms with van der Waals surface area (Å²) in [6, 6.07) is 10.6. The Hall–Kier alpha value is -3.44. The van der Waals surface area contributed by atoms with Crippen LogP contribution in [0.3, 0.4) is 0 Å². The molecule has 3 aromatic rings. The second-order valence-electron chi connectivity index (χ2n) is 8.30. The van der Waals surface area contributed by atoms with Gasteiger partial charge in [-0.05, 0) is 43.2 Å². The number of aromatic nitrogens is 1. The van der Waals surface area contributed by atoms with E-state index in [4.69, 9.17) is 0 Å². The van der Waals surface area contributed by atoms with Gasteiger partial charge in [-0.1, -0.05) is 12.1 Å². The molecule has 1 N–H and O–H groups in total. The third-order valence-corrected chi connectivity index (χ3v) is 7.14. The van der Waals surface area contributed by atoms with Crippen LogP contribution in [0.5, 0.6) is 0 Å². The number of anilines is 1. The first-order chi connectivity index (χ1) is 16.7. The molecule has 2 aromatic heterocycles. The second-order valence-corrected chi connectivity index (χ2v) is 9.38. The van der Waals surface area contributed by atoms with Crippen molar-refractivity contribution >= 4 is 28.6 Å². The number of alkyl halides is 3. The Labute approximate surface area is 203 Å². The molecule has 6 nitrogen and oxygen atoms in total. The number of carbonyl (C=O) groups excluding carboxylic acids is 1. The van der Waals surface area contributed by atoms with Gasteiger partial charge in [-0.15, -0.1) is 16.5 Å². The van der Waals surface area contributed by atoms with Crippen molar-refractivity contribution in [1.82, 2.24) is 20.5 Å². The van der Waals surface area contributed by atoms with Crippen LogP contribution in [0.4, 0.5) is 23.2 Å². The number of nitrogens with zero attached hydrogens (tertiary/aromatic N) is 4. The quantitative estimate of drug-likeness (QED) is 0.518. The van der Waals surface area contributed by atoms with Gasteiger partial charge in [0.15, 0.2) is 0 Å². The fourth-order valence-corrected chi connectivity index (χ4v) is 5.34. The van der Waals surface area contributed by atoms with E-state index in [1.54, 1.807) is 35.8 Å². The van der Waals surface area contributed by atoms with E-state index < -0.39 is 30.5 Å². The van der Waals surface area contributed by atoms with Crippen LogP contribution in [0.15, 0.2) is 61.1 Å². The minimum atomic E-state index is -4.63. The summed E-state index contributed by atoms with van der Waals surface area (Å²) in [5.74, 6) is -1.35.